The van der Waals surface area contributed by atoms with Crippen molar-refractivity contribution in [1.82, 2.24) is 0 Å². The van der Waals surface area contributed by atoms with Crippen LogP contribution < -0.4 is 4.74 Å². The van der Waals surface area contributed by atoms with E-state index in [1.165, 1.54) is 19.2 Å². The van der Waals surface area contributed by atoms with Crippen molar-refractivity contribution in [2.24, 2.45) is 0 Å². The van der Waals surface area contributed by atoms with Crippen LogP contribution in [-0.4, -0.2) is 18.8 Å². The molecule has 0 amide bonds. The molecule has 0 atom stereocenters. The Balaban J connectivity index is 3.31. The summed E-state index contributed by atoms with van der Waals surface area (Å²) in [5, 5.41) is -0.0898. The molecule has 0 aliphatic rings. The molecule has 0 bridgehead atoms. The largest absolute Gasteiger partial charge is 0.493 e. The van der Waals surface area contributed by atoms with Gasteiger partial charge >= 0.3 is 0 Å². The Morgan fingerprint density at radius 1 is 1.57 bits per heavy atom. The lowest BCUT2D eigenvalue weighted by atomic mass is 10.1. The normalized spacial score (nSPS) is 10.0. The maximum absolute atomic E-state index is 13.3. The van der Waals surface area contributed by atoms with Crippen molar-refractivity contribution < 1.29 is 13.9 Å². The predicted octanol–water partition coefficient (Wildman–Crippen LogP) is 2.91. The third kappa shape index (κ3) is 1.99. The third-order valence-electron chi connectivity index (χ3n) is 1.68. The van der Waals surface area contributed by atoms with E-state index >= 15 is 0 Å². The summed E-state index contributed by atoms with van der Waals surface area (Å²) in [5.41, 5.74) is 0.101. The third-order valence-corrected chi connectivity index (χ3v) is 2.21. The van der Waals surface area contributed by atoms with Crippen LogP contribution in [0.5, 0.6) is 5.75 Å². The van der Waals surface area contributed by atoms with Gasteiger partial charge in [-0.1, -0.05) is 11.6 Å². The second-order valence-corrected chi connectivity index (χ2v) is 3.17. The van der Waals surface area contributed by atoms with Gasteiger partial charge in [0.05, 0.1) is 23.6 Å². The van der Waals surface area contributed by atoms with Gasteiger partial charge in [-0.2, -0.15) is 0 Å². The molecule has 0 saturated carbocycles. The topological polar surface area (TPSA) is 26.3 Å². The van der Waals surface area contributed by atoms with Crippen LogP contribution in [0.15, 0.2) is 12.1 Å². The highest BCUT2D eigenvalue weighted by atomic mass is 35.5. The van der Waals surface area contributed by atoms with Gasteiger partial charge in [-0.15, -0.1) is 11.6 Å². The van der Waals surface area contributed by atoms with Gasteiger partial charge in [0.15, 0.2) is 17.3 Å². The average Bonchev–Trinajstić information content (AvgIpc) is 2.20. The molecule has 0 saturated heterocycles. The van der Waals surface area contributed by atoms with E-state index in [-0.39, 0.29) is 22.2 Å². The number of rotatable bonds is 3. The summed E-state index contributed by atoms with van der Waals surface area (Å²) >= 11 is 10.9. The van der Waals surface area contributed by atoms with E-state index in [1.807, 2.05) is 0 Å². The Kier molecular flexibility index (Phi) is 3.72. The van der Waals surface area contributed by atoms with Crippen LogP contribution in [0.25, 0.3) is 0 Å². The van der Waals surface area contributed by atoms with Gasteiger partial charge in [-0.05, 0) is 12.1 Å². The molecule has 1 aromatic rings. The standard InChI is InChI=1S/C9H7Cl2FO2/c1-14-9-5(7(13)4-10)2-3-6(11)8(9)12/h2-3H,4H2,1H3. The Hall–Kier alpha value is -0.800. The number of hydrogen-bond acceptors (Lipinski definition) is 2. The van der Waals surface area contributed by atoms with Gasteiger partial charge in [0.25, 0.3) is 0 Å². The molecule has 2 nitrogen and oxygen atoms in total. The summed E-state index contributed by atoms with van der Waals surface area (Å²) < 4.78 is 18.0. The number of methoxy groups -OCH3 is 1. The van der Waals surface area contributed by atoms with Crippen molar-refractivity contribution in [2.45, 2.75) is 0 Å². The quantitative estimate of drug-likeness (QED) is 0.596. The molecule has 1 aromatic carbocycles. The Morgan fingerprint density at radius 3 is 2.71 bits per heavy atom. The minimum Gasteiger partial charge on any atom is -0.493 e. The zero-order valence-electron chi connectivity index (χ0n) is 7.31. The van der Waals surface area contributed by atoms with Crippen LogP contribution in [0.4, 0.5) is 4.39 Å². The van der Waals surface area contributed by atoms with Crippen LogP contribution in [0.2, 0.25) is 5.02 Å². The van der Waals surface area contributed by atoms with Gasteiger partial charge in [0.1, 0.15) is 0 Å². The molecule has 0 heterocycles. The number of halogens is 3. The average molecular weight is 237 g/mol. The first-order valence-electron chi connectivity index (χ1n) is 3.73. The molecule has 1 rings (SSSR count). The first-order chi connectivity index (χ1) is 6.61. The fourth-order valence-electron chi connectivity index (χ4n) is 1.02. The summed E-state index contributed by atoms with van der Waals surface area (Å²) in [6.07, 6.45) is 0. The highest BCUT2D eigenvalue weighted by Crippen LogP contribution is 2.28. The highest BCUT2D eigenvalue weighted by Gasteiger charge is 2.17. The number of benzene rings is 1. The molecule has 5 heteroatoms. The van der Waals surface area contributed by atoms with Crippen LogP contribution in [-0.2, 0) is 0 Å². The van der Waals surface area contributed by atoms with Crippen LogP contribution in [0.3, 0.4) is 0 Å². The SMILES string of the molecule is COc1c(C(=O)CCl)ccc(Cl)c1F. The second-order valence-electron chi connectivity index (χ2n) is 2.50. The van der Waals surface area contributed by atoms with E-state index in [0.29, 0.717) is 0 Å². The van der Waals surface area contributed by atoms with Crippen LogP contribution >= 0.6 is 23.2 Å². The fraction of sp³-hybridized carbons (Fsp3) is 0.222. The number of ether oxygens (including phenoxy) is 1. The Bertz CT molecular complexity index is 366. The fourth-order valence-corrected chi connectivity index (χ4v) is 1.32. The molecular weight excluding hydrogens is 230 g/mol. The summed E-state index contributed by atoms with van der Waals surface area (Å²) in [6.45, 7) is 0. The second kappa shape index (κ2) is 4.62. The lowest BCUT2D eigenvalue weighted by molar-refractivity contribution is 0.101. The van der Waals surface area contributed by atoms with Crippen molar-refractivity contribution in [3.05, 3.63) is 28.5 Å². The minimum absolute atomic E-state index is 0.0898. The maximum Gasteiger partial charge on any atom is 0.184 e. The molecule has 0 unspecified atom stereocenters. The van der Waals surface area contributed by atoms with Crippen LogP contribution in [0, 0.1) is 5.82 Å². The number of carbonyl (C=O) groups is 1. The van der Waals surface area contributed by atoms with Gasteiger partial charge in [-0.25, -0.2) is 4.39 Å². The van der Waals surface area contributed by atoms with E-state index < -0.39 is 11.6 Å². The van der Waals surface area contributed by atoms with Crippen molar-refractivity contribution >= 4 is 29.0 Å². The lowest BCUT2D eigenvalue weighted by Crippen LogP contribution is -2.05. The van der Waals surface area contributed by atoms with E-state index in [9.17, 15) is 9.18 Å². The summed E-state index contributed by atoms with van der Waals surface area (Å²) in [5.74, 6) is -1.54. The molecule has 0 N–H and O–H groups in total. The number of alkyl halides is 1. The van der Waals surface area contributed by atoms with E-state index in [1.54, 1.807) is 0 Å². The molecule has 14 heavy (non-hydrogen) atoms. The molecular formula is C9H7Cl2FO2. The molecule has 0 aliphatic carbocycles. The van der Waals surface area contributed by atoms with Crippen molar-refractivity contribution in [1.29, 1.82) is 0 Å². The monoisotopic (exact) mass is 236 g/mol. The molecule has 0 radical (unpaired) electrons. The van der Waals surface area contributed by atoms with Crippen molar-refractivity contribution in [2.75, 3.05) is 13.0 Å². The van der Waals surface area contributed by atoms with Gasteiger partial charge < -0.3 is 4.74 Å². The van der Waals surface area contributed by atoms with Crippen LogP contribution in [0.1, 0.15) is 10.4 Å². The van der Waals surface area contributed by atoms with Gasteiger partial charge in [-0.3, -0.25) is 4.79 Å². The van der Waals surface area contributed by atoms with Gasteiger partial charge in [0, 0.05) is 0 Å². The van der Waals surface area contributed by atoms with Crippen molar-refractivity contribution in [3.63, 3.8) is 0 Å². The Labute approximate surface area is 90.6 Å². The number of carbonyl (C=O) groups excluding carboxylic acids is 1. The molecule has 0 aromatic heterocycles. The molecule has 76 valence electrons. The zero-order valence-corrected chi connectivity index (χ0v) is 8.82. The number of Topliss-reactive ketones (excluding diaryl/α,β-unsaturated/α-hetero) is 1. The maximum atomic E-state index is 13.3. The Morgan fingerprint density at radius 2 is 2.21 bits per heavy atom. The van der Waals surface area contributed by atoms with Gasteiger partial charge in [0.2, 0.25) is 0 Å². The van der Waals surface area contributed by atoms with Crippen molar-refractivity contribution in [3.8, 4) is 5.75 Å². The summed E-state index contributed by atoms with van der Waals surface area (Å²) in [6, 6.07) is 2.67. The smallest absolute Gasteiger partial charge is 0.184 e. The highest BCUT2D eigenvalue weighted by molar-refractivity contribution is 6.32. The zero-order chi connectivity index (χ0) is 10.7. The number of hydrogen-bond donors (Lipinski definition) is 0. The summed E-state index contributed by atoms with van der Waals surface area (Å²) in [7, 11) is 1.26. The van der Waals surface area contributed by atoms with E-state index in [4.69, 9.17) is 27.9 Å². The number of ketones is 1. The van der Waals surface area contributed by atoms with E-state index in [0.717, 1.165) is 0 Å². The predicted molar refractivity (Wildman–Crippen MR) is 53.0 cm³/mol. The lowest BCUT2D eigenvalue weighted by Gasteiger charge is -2.07. The summed E-state index contributed by atoms with van der Waals surface area (Å²) in [4.78, 5) is 11.2. The molecule has 0 fully saturated rings. The molecule has 0 spiro atoms. The first kappa shape index (κ1) is 11.3. The molecule has 0 aliphatic heterocycles. The van der Waals surface area contributed by atoms with E-state index in [2.05, 4.69) is 0 Å². The first-order valence-corrected chi connectivity index (χ1v) is 4.64. The minimum atomic E-state index is -0.745.